The van der Waals surface area contributed by atoms with E-state index in [1.807, 2.05) is 6.20 Å². The van der Waals surface area contributed by atoms with Gasteiger partial charge in [-0.2, -0.15) is 0 Å². The third kappa shape index (κ3) is 1.67. The van der Waals surface area contributed by atoms with Crippen molar-refractivity contribution >= 4 is 10.9 Å². The molecule has 0 fully saturated rings. The molecule has 90 valence electrons. The molecule has 2 aromatic heterocycles. The number of rotatable bonds is 0. The Balaban J connectivity index is 2.35. The van der Waals surface area contributed by atoms with Crippen LogP contribution in [0.2, 0.25) is 0 Å². The van der Waals surface area contributed by atoms with E-state index >= 15 is 0 Å². The molecule has 0 amide bonds. The highest BCUT2D eigenvalue weighted by molar-refractivity contribution is 5.86. The summed E-state index contributed by atoms with van der Waals surface area (Å²) in [7, 11) is 0. The smallest absolute Gasteiger partial charge is 0.0522 e. The molecule has 0 aliphatic heterocycles. The van der Waals surface area contributed by atoms with Gasteiger partial charge in [0, 0.05) is 29.0 Å². The summed E-state index contributed by atoms with van der Waals surface area (Å²) in [5.74, 6) is 0. The topological polar surface area (TPSA) is 17.8 Å². The Morgan fingerprint density at radius 2 is 1.94 bits per heavy atom. The standard InChI is InChI=1S/C15H20N2/c1-15(2,3)17-10-11-6-4-5-7-12-14(11)13(17)8-9-16-12/h8-10H,4-7H2,1-3H3. The Morgan fingerprint density at radius 1 is 1.18 bits per heavy atom. The average Bonchev–Trinajstić information content (AvgIpc) is 2.51. The fourth-order valence-corrected chi connectivity index (χ4v) is 2.88. The minimum Gasteiger partial charge on any atom is -0.342 e. The van der Waals surface area contributed by atoms with E-state index in [4.69, 9.17) is 0 Å². The van der Waals surface area contributed by atoms with Gasteiger partial charge in [-0.1, -0.05) is 0 Å². The normalized spacial score (nSPS) is 16.2. The number of pyridine rings is 1. The van der Waals surface area contributed by atoms with Crippen molar-refractivity contribution in [3.05, 3.63) is 29.7 Å². The molecular weight excluding hydrogens is 208 g/mol. The third-order valence-electron chi connectivity index (χ3n) is 3.71. The van der Waals surface area contributed by atoms with Crippen molar-refractivity contribution in [1.29, 1.82) is 0 Å². The molecule has 2 nitrogen and oxygen atoms in total. The molecule has 0 radical (unpaired) electrons. The van der Waals surface area contributed by atoms with E-state index < -0.39 is 0 Å². The molecule has 0 atom stereocenters. The van der Waals surface area contributed by atoms with Crippen LogP contribution in [0.15, 0.2) is 18.5 Å². The largest absolute Gasteiger partial charge is 0.342 e. The third-order valence-corrected chi connectivity index (χ3v) is 3.71. The first-order chi connectivity index (χ1) is 8.07. The summed E-state index contributed by atoms with van der Waals surface area (Å²) in [5, 5.41) is 1.43. The van der Waals surface area contributed by atoms with Crippen LogP contribution >= 0.6 is 0 Å². The van der Waals surface area contributed by atoms with Gasteiger partial charge in [0.1, 0.15) is 0 Å². The van der Waals surface area contributed by atoms with E-state index in [1.54, 1.807) is 0 Å². The lowest BCUT2D eigenvalue weighted by atomic mass is 10.1. The first-order valence-electron chi connectivity index (χ1n) is 6.56. The van der Waals surface area contributed by atoms with E-state index in [-0.39, 0.29) is 5.54 Å². The summed E-state index contributed by atoms with van der Waals surface area (Å²) in [6.07, 6.45) is 9.23. The van der Waals surface area contributed by atoms with Crippen LogP contribution < -0.4 is 0 Å². The molecule has 17 heavy (non-hydrogen) atoms. The molecule has 0 saturated carbocycles. The Kier molecular flexibility index (Phi) is 2.29. The highest BCUT2D eigenvalue weighted by Crippen LogP contribution is 2.32. The van der Waals surface area contributed by atoms with Gasteiger partial charge in [-0.05, 0) is 58.1 Å². The molecule has 0 aromatic carbocycles. The second kappa shape index (κ2) is 3.59. The first-order valence-corrected chi connectivity index (χ1v) is 6.56. The maximum atomic E-state index is 4.58. The summed E-state index contributed by atoms with van der Waals surface area (Å²) >= 11 is 0. The van der Waals surface area contributed by atoms with Crippen LogP contribution in [-0.4, -0.2) is 9.55 Å². The van der Waals surface area contributed by atoms with Gasteiger partial charge in [0.05, 0.1) is 5.52 Å². The Bertz CT molecular complexity index is 558. The second-order valence-electron chi connectivity index (χ2n) is 6.05. The molecule has 3 rings (SSSR count). The lowest BCUT2D eigenvalue weighted by molar-refractivity contribution is 0.410. The van der Waals surface area contributed by atoms with Crippen LogP contribution in [0.4, 0.5) is 0 Å². The number of hydrogen-bond acceptors (Lipinski definition) is 1. The minimum absolute atomic E-state index is 0.147. The molecule has 0 spiro atoms. The van der Waals surface area contributed by atoms with Crippen molar-refractivity contribution < 1.29 is 0 Å². The fraction of sp³-hybridized carbons (Fsp3) is 0.533. The zero-order chi connectivity index (χ0) is 12.0. The molecule has 2 aromatic rings. The summed E-state index contributed by atoms with van der Waals surface area (Å²) in [6, 6.07) is 2.17. The second-order valence-corrected chi connectivity index (χ2v) is 6.05. The zero-order valence-electron chi connectivity index (χ0n) is 11.0. The molecular formula is C15H20N2. The van der Waals surface area contributed by atoms with E-state index in [9.17, 15) is 0 Å². The minimum atomic E-state index is 0.147. The van der Waals surface area contributed by atoms with Crippen molar-refractivity contribution in [3.63, 3.8) is 0 Å². The fourth-order valence-electron chi connectivity index (χ4n) is 2.88. The van der Waals surface area contributed by atoms with Crippen LogP contribution in [-0.2, 0) is 18.4 Å². The van der Waals surface area contributed by atoms with Gasteiger partial charge in [-0.3, -0.25) is 4.98 Å². The maximum absolute atomic E-state index is 4.58. The Morgan fingerprint density at radius 3 is 2.71 bits per heavy atom. The zero-order valence-corrected chi connectivity index (χ0v) is 11.0. The van der Waals surface area contributed by atoms with Gasteiger partial charge in [-0.15, -0.1) is 0 Å². The van der Waals surface area contributed by atoms with Gasteiger partial charge in [0.25, 0.3) is 0 Å². The van der Waals surface area contributed by atoms with Gasteiger partial charge in [0.2, 0.25) is 0 Å². The number of aromatic nitrogens is 2. The van der Waals surface area contributed by atoms with Crippen molar-refractivity contribution in [2.45, 2.75) is 52.0 Å². The van der Waals surface area contributed by atoms with Crippen LogP contribution in [0, 0.1) is 0 Å². The monoisotopic (exact) mass is 228 g/mol. The highest BCUT2D eigenvalue weighted by Gasteiger charge is 2.21. The average molecular weight is 228 g/mol. The van der Waals surface area contributed by atoms with Gasteiger partial charge < -0.3 is 4.57 Å². The van der Waals surface area contributed by atoms with Gasteiger partial charge in [-0.25, -0.2) is 0 Å². The van der Waals surface area contributed by atoms with Crippen molar-refractivity contribution in [3.8, 4) is 0 Å². The molecule has 2 heteroatoms. The van der Waals surface area contributed by atoms with E-state index in [0.29, 0.717) is 0 Å². The van der Waals surface area contributed by atoms with Crippen molar-refractivity contribution in [2.75, 3.05) is 0 Å². The van der Waals surface area contributed by atoms with Gasteiger partial charge >= 0.3 is 0 Å². The molecule has 0 unspecified atom stereocenters. The van der Waals surface area contributed by atoms with E-state index in [0.717, 1.165) is 6.42 Å². The first kappa shape index (κ1) is 10.8. The molecule has 0 saturated heterocycles. The Hall–Kier alpha value is -1.31. The Labute approximate surface area is 103 Å². The van der Waals surface area contributed by atoms with Crippen LogP contribution in [0.3, 0.4) is 0 Å². The summed E-state index contributed by atoms with van der Waals surface area (Å²) in [5.41, 5.74) is 4.31. The highest BCUT2D eigenvalue weighted by atomic mass is 15.0. The SMILES string of the molecule is CC(C)(C)n1cc2c3c(nccc31)CCCC2. The number of hydrogen-bond donors (Lipinski definition) is 0. The summed E-state index contributed by atoms with van der Waals surface area (Å²) in [6.45, 7) is 6.80. The number of aryl methyl sites for hydroxylation is 2. The predicted octanol–water partition coefficient (Wildman–Crippen LogP) is 3.67. The van der Waals surface area contributed by atoms with Crippen molar-refractivity contribution in [1.82, 2.24) is 9.55 Å². The quantitative estimate of drug-likeness (QED) is 0.672. The van der Waals surface area contributed by atoms with Crippen LogP contribution in [0.1, 0.15) is 44.9 Å². The van der Waals surface area contributed by atoms with E-state index in [2.05, 4.69) is 42.6 Å². The molecule has 0 N–H and O–H groups in total. The summed E-state index contributed by atoms with van der Waals surface area (Å²) in [4.78, 5) is 4.58. The molecule has 1 aliphatic rings. The molecule has 1 aliphatic carbocycles. The summed E-state index contributed by atoms with van der Waals surface area (Å²) < 4.78 is 2.41. The lowest BCUT2D eigenvalue weighted by Gasteiger charge is -2.22. The molecule has 2 heterocycles. The van der Waals surface area contributed by atoms with Gasteiger partial charge in [0.15, 0.2) is 0 Å². The molecule has 0 bridgehead atoms. The van der Waals surface area contributed by atoms with Crippen LogP contribution in [0.25, 0.3) is 10.9 Å². The maximum Gasteiger partial charge on any atom is 0.0522 e. The lowest BCUT2D eigenvalue weighted by Crippen LogP contribution is -2.20. The van der Waals surface area contributed by atoms with Crippen LogP contribution in [0.5, 0.6) is 0 Å². The predicted molar refractivity (Wildman–Crippen MR) is 71.4 cm³/mol. The van der Waals surface area contributed by atoms with E-state index in [1.165, 1.54) is 41.4 Å². The number of nitrogens with zero attached hydrogens (tertiary/aromatic N) is 2. The van der Waals surface area contributed by atoms with Crippen molar-refractivity contribution in [2.24, 2.45) is 0 Å².